The van der Waals surface area contributed by atoms with Crippen LogP contribution in [0, 0.1) is 0 Å². The van der Waals surface area contributed by atoms with Crippen molar-refractivity contribution in [2.24, 2.45) is 0 Å². The van der Waals surface area contributed by atoms with Gasteiger partial charge in [0.1, 0.15) is 0 Å². The zero-order valence-corrected chi connectivity index (χ0v) is 12.1. The minimum absolute atomic E-state index is 0.713. The summed E-state index contributed by atoms with van der Waals surface area (Å²) in [5, 5.41) is 15.1. The molecule has 1 aromatic heterocycles. The van der Waals surface area contributed by atoms with E-state index in [0.29, 0.717) is 5.95 Å². The molecule has 0 aliphatic rings. The Bertz CT molecular complexity index is 480. The van der Waals surface area contributed by atoms with E-state index in [1.165, 1.54) is 32.1 Å². The van der Waals surface area contributed by atoms with Gasteiger partial charge in [-0.15, -0.1) is 0 Å². The minimum Gasteiger partial charge on any atom is -0.353 e. The molecule has 108 valence electrons. The summed E-state index contributed by atoms with van der Waals surface area (Å²) in [7, 11) is 0. The van der Waals surface area contributed by atoms with E-state index < -0.39 is 0 Å². The van der Waals surface area contributed by atoms with E-state index in [2.05, 4.69) is 27.8 Å². The molecule has 0 radical (unpaired) electrons. The van der Waals surface area contributed by atoms with E-state index in [1.807, 2.05) is 30.3 Å². The lowest BCUT2D eigenvalue weighted by Crippen LogP contribution is -2.08. The van der Waals surface area contributed by atoms with E-state index in [1.54, 1.807) is 4.68 Å². The molecule has 0 aliphatic carbocycles. The lowest BCUT2D eigenvalue weighted by atomic mass is 10.1. The van der Waals surface area contributed by atoms with Gasteiger partial charge in [0.15, 0.2) is 0 Å². The molecule has 0 unspecified atom stereocenters. The maximum absolute atomic E-state index is 4.03. The Balaban J connectivity index is 1.76. The van der Waals surface area contributed by atoms with E-state index in [4.69, 9.17) is 0 Å². The zero-order chi connectivity index (χ0) is 14.0. The Hall–Kier alpha value is -1.91. The Morgan fingerprint density at radius 2 is 1.75 bits per heavy atom. The molecule has 1 aromatic carbocycles. The molecule has 5 heteroatoms. The Morgan fingerprint density at radius 3 is 2.55 bits per heavy atom. The molecule has 0 bridgehead atoms. The summed E-state index contributed by atoms with van der Waals surface area (Å²) in [6, 6.07) is 9.93. The van der Waals surface area contributed by atoms with Crippen LogP contribution in [0.2, 0.25) is 0 Å². The number of nitrogens with one attached hydrogen (secondary N) is 1. The number of nitrogens with zero attached hydrogens (tertiary/aromatic N) is 4. The summed E-state index contributed by atoms with van der Waals surface area (Å²) < 4.78 is 1.73. The van der Waals surface area contributed by atoms with Gasteiger partial charge in [0.2, 0.25) is 5.95 Å². The van der Waals surface area contributed by atoms with Crippen molar-refractivity contribution in [2.75, 3.05) is 11.9 Å². The largest absolute Gasteiger partial charge is 0.353 e. The smallest absolute Gasteiger partial charge is 0.247 e. The number of aromatic nitrogens is 4. The molecule has 5 nitrogen and oxygen atoms in total. The van der Waals surface area contributed by atoms with Crippen molar-refractivity contribution in [3.63, 3.8) is 0 Å². The van der Waals surface area contributed by atoms with Gasteiger partial charge in [-0.25, -0.2) is 0 Å². The lowest BCUT2D eigenvalue weighted by molar-refractivity contribution is 0.616. The summed E-state index contributed by atoms with van der Waals surface area (Å²) in [6.45, 7) is 3.16. The number of rotatable bonds is 9. The fourth-order valence-corrected chi connectivity index (χ4v) is 2.15. The van der Waals surface area contributed by atoms with Crippen molar-refractivity contribution < 1.29 is 0 Å². The van der Waals surface area contributed by atoms with Crippen molar-refractivity contribution in [3.8, 4) is 5.69 Å². The third-order valence-corrected chi connectivity index (χ3v) is 3.28. The van der Waals surface area contributed by atoms with Crippen LogP contribution in [0.4, 0.5) is 5.95 Å². The van der Waals surface area contributed by atoms with Gasteiger partial charge in [-0.2, -0.15) is 4.68 Å². The van der Waals surface area contributed by atoms with Crippen LogP contribution in [0.25, 0.3) is 5.69 Å². The predicted octanol–water partition coefficient (Wildman–Crippen LogP) is 3.43. The SMILES string of the molecule is CCCCCCCCNc1nnnn1-c1ccccc1. The Morgan fingerprint density at radius 1 is 1.00 bits per heavy atom. The second-order valence-electron chi connectivity index (χ2n) is 4.94. The fraction of sp³-hybridized carbons (Fsp3) is 0.533. The van der Waals surface area contributed by atoms with Gasteiger partial charge in [0.25, 0.3) is 0 Å². The van der Waals surface area contributed by atoms with E-state index in [9.17, 15) is 0 Å². The van der Waals surface area contributed by atoms with Crippen LogP contribution >= 0.6 is 0 Å². The number of tetrazole rings is 1. The van der Waals surface area contributed by atoms with Crippen LogP contribution in [-0.2, 0) is 0 Å². The molecular weight excluding hydrogens is 250 g/mol. The first kappa shape index (κ1) is 14.5. The maximum atomic E-state index is 4.03. The Kier molecular flexibility index (Phi) is 6.02. The van der Waals surface area contributed by atoms with Crippen molar-refractivity contribution in [1.29, 1.82) is 0 Å². The molecule has 2 rings (SSSR count). The molecule has 0 aliphatic heterocycles. The molecule has 0 saturated carbocycles. The number of benzene rings is 1. The van der Waals surface area contributed by atoms with Gasteiger partial charge >= 0.3 is 0 Å². The highest BCUT2D eigenvalue weighted by Crippen LogP contribution is 2.11. The second kappa shape index (κ2) is 8.30. The molecule has 0 fully saturated rings. The van der Waals surface area contributed by atoms with Gasteiger partial charge in [-0.1, -0.05) is 62.3 Å². The fourth-order valence-electron chi connectivity index (χ4n) is 2.15. The third kappa shape index (κ3) is 4.33. The highest BCUT2D eigenvalue weighted by atomic mass is 15.6. The van der Waals surface area contributed by atoms with Crippen LogP contribution < -0.4 is 5.32 Å². The number of para-hydroxylation sites is 1. The molecule has 2 aromatic rings. The summed E-state index contributed by atoms with van der Waals surface area (Å²) in [5.41, 5.74) is 0.975. The lowest BCUT2D eigenvalue weighted by Gasteiger charge is -2.06. The van der Waals surface area contributed by atoms with Crippen LogP contribution in [0.3, 0.4) is 0 Å². The van der Waals surface area contributed by atoms with E-state index >= 15 is 0 Å². The predicted molar refractivity (Wildman–Crippen MR) is 81.0 cm³/mol. The molecule has 0 spiro atoms. The number of anilines is 1. The molecule has 0 saturated heterocycles. The van der Waals surface area contributed by atoms with Gasteiger partial charge < -0.3 is 5.32 Å². The highest BCUT2D eigenvalue weighted by Gasteiger charge is 2.06. The first-order chi connectivity index (χ1) is 9.92. The van der Waals surface area contributed by atoms with Crippen molar-refractivity contribution in [2.45, 2.75) is 45.4 Å². The monoisotopic (exact) mass is 273 g/mol. The maximum Gasteiger partial charge on any atom is 0.247 e. The summed E-state index contributed by atoms with van der Waals surface area (Å²) in [6.07, 6.45) is 7.73. The molecule has 20 heavy (non-hydrogen) atoms. The standard InChI is InChI=1S/C15H23N5/c1-2-3-4-5-6-10-13-16-15-17-18-19-20(15)14-11-8-7-9-12-14/h7-9,11-12H,2-6,10,13H2,1H3,(H,16,17,19). The van der Waals surface area contributed by atoms with Gasteiger partial charge in [0.05, 0.1) is 5.69 Å². The first-order valence-corrected chi connectivity index (χ1v) is 7.49. The molecule has 0 amide bonds. The Labute approximate surface area is 120 Å². The van der Waals surface area contributed by atoms with Crippen LogP contribution in [-0.4, -0.2) is 26.8 Å². The summed E-state index contributed by atoms with van der Waals surface area (Å²) >= 11 is 0. The second-order valence-corrected chi connectivity index (χ2v) is 4.94. The average molecular weight is 273 g/mol. The first-order valence-electron chi connectivity index (χ1n) is 7.49. The highest BCUT2D eigenvalue weighted by molar-refractivity contribution is 5.38. The summed E-state index contributed by atoms with van der Waals surface area (Å²) in [4.78, 5) is 0. The zero-order valence-electron chi connectivity index (χ0n) is 12.1. The molecular formula is C15H23N5. The third-order valence-electron chi connectivity index (χ3n) is 3.28. The number of unbranched alkanes of at least 4 members (excludes halogenated alkanes) is 5. The van der Waals surface area contributed by atoms with E-state index in [-0.39, 0.29) is 0 Å². The molecule has 1 N–H and O–H groups in total. The van der Waals surface area contributed by atoms with Crippen LogP contribution in [0.5, 0.6) is 0 Å². The van der Waals surface area contributed by atoms with E-state index in [0.717, 1.165) is 18.7 Å². The molecule has 0 atom stereocenters. The molecule has 1 heterocycles. The van der Waals surface area contributed by atoms with Crippen LogP contribution in [0.15, 0.2) is 30.3 Å². The number of hydrogen-bond donors (Lipinski definition) is 1. The minimum atomic E-state index is 0.713. The van der Waals surface area contributed by atoms with Crippen LogP contribution in [0.1, 0.15) is 45.4 Å². The van der Waals surface area contributed by atoms with Crippen molar-refractivity contribution in [3.05, 3.63) is 30.3 Å². The number of hydrogen-bond acceptors (Lipinski definition) is 4. The average Bonchev–Trinajstić information content (AvgIpc) is 2.96. The van der Waals surface area contributed by atoms with Crippen molar-refractivity contribution >= 4 is 5.95 Å². The van der Waals surface area contributed by atoms with Gasteiger partial charge in [-0.3, -0.25) is 0 Å². The van der Waals surface area contributed by atoms with Crippen molar-refractivity contribution in [1.82, 2.24) is 20.2 Å². The van der Waals surface area contributed by atoms with Gasteiger partial charge in [-0.05, 0) is 29.0 Å². The quantitative estimate of drug-likeness (QED) is 0.711. The topological polar surface area (TPSA) is 55.6 Å². The normalized spacial score (nSPS) is 10.7. The summed E-state index contributed by atoms with van der Waals surface area (Å²) in [5.74, 6) is 0.713. The van der Waals surface area contributed by atoms with Gasteiger partial charge in [0, 0.05) is 6.54 Å².